The van der Waals surface area contributed by atoms with Crippen LogP contribution in [-0.2, 0) is 18.0 Å². The van der Waals surface area contributed by atoms with Gasteiger partial charge in [-0.25, -0.2) is 4.79 Å². The van der Waals surface area contributed by atoms with Gasteiger partial charge in [0.15, 0.2) is 10.6 Å². The molecule has 0 atom stereocenters. The van der Waals surface area contributed by atoms with Crippen LogP contribution in [0.1, 0.15) is 21.1 Å². The molecule has 0 unspecified atom stereocenters. The number of aromatic nitrogens is 1. The van der Waals surface area contributed by atoms with Crippen molar-refractivity contribution in [1.29, 1.82) is 0 Å². The maximum Gasteiger partial charge on any atom is 0.349 e. The fourth-order valence-electron chi connectivity index (χ4n) is 1.35. The second-order valence-corrected chi connectivity index (χ2v) is 4.34. The quantitative estimate of drug-likeness (QED) is 0.865. The monoisotopic (exact) mass is 269 g/mol. The summed E-state index contributed by atoms with van der Waals surface area (Å²) in [6.45, 7) is 0.496. The first-order valence-corrected chi connectivity index (χ1v) is 5.95. The van der Waals surface area contributed by atoms with E-state index in [9.17, 15) is 4.79 Å². The molecule has 0 amide bonds. The van der Waals surface area contributed by atoms with Gasteiger partial charge in [0.2, 0.25) is 0 Å². The van der Waals surface area contributed by atoms with E-state index in [4.69, 9.17) is 19.1 Å². The number of thiophene rings is 1. The highest BCUT2D eigenvalue weighted by Gasteiger charge is 2.13. The summed E-state index contributed by atoms with van der Waals surface area (Å²) < 4.78 is 15.3. The number of carboxylic acid groups (broad SMARTS) is 1. The van der Waals surface area contributed by atoms with Gasteiger partial charge in [0.05, 0.1) is 0 Å². The molecule has 0 aliphatic rings. The summed E-state index contributed by atoms with van der Waals surface area (Å²) in [4.78, 5) is 11.0. The van der Waals surface area contributed by atoms with Crippen LogP contribution in [0.4, 0.5) is 0 Å². The number of carbonyl (C=O) groups is 1. The van der Waals surface area contributed by atoms with Gasteiger partial charge >= 0.3 is 5.97 Å². The molecule has 0 saturated carbocycles. The van der Waals surface area contributed by atoms with Crippen molar-refractivity contribution in [3.05, 3.63) is 33.8 Å². The van der Waals surface area contributed by atoms with Gasteiger partial charge < -0.3 is 19.1 Å². The summed E-state index contributed by atoms with van der Waals surface area (Å²) in [5.74, 6) is -0.0658. The number of hydrogen-bond donors (Lipinski definition) is 1. The number of aromatic carboxylic acids is 1. The van der Waals surface area contributed by atoms with Crippen molar-refractivity contribution < 1.29 is 23.9 Å². The lowest BCUT2D eigenvalue weighted by Crippen LogP contribution is -2.00. The molecule has 1 N–H and O–H groups in total. The van der Waals surface area contributed by atoms with E-state index in [-0.39, 0.29) is 11.5 Å². The Morgan fingerprint density at radius 1 is 1.56 bits per heavy atom. The van der Waals surface area contributed by atoms with Crippen molar-refractivity contribution in [3.8, 4) is 5.75 Å². The zero-order chi connectivity index (χ0) is 13.0. The minimum Gasteiger partial charge on any atom is -0.485 e. The molecule has 7 heteroatoms. The van der Waals surface area contributed by atoms with Gasteiger partial charge in [0, 0.05) is 13.2 Å². The lowest BCUT2D eigenvalue weighted by molar-refractivity contribution is 0.0697. The molecule has 0 aromatic carbocycles. The summed E-state index contributed by atoms with van der Waals surface area (Å²) in [5.41, 5.74) is 0.588. The third kappa shape index (κ3) is 2.88. The number of carboxylic acids is 1. The van der Waals surface area contributed by atoms with Crippen LogP contribution >= 0.6 is 11.3 Å². The molecule has 0 bridgehead atoms. The number of nitrogens with zero attached hydrogens (tertiary/aromatic N) is 1. The van der Waals surface area contributed by atoms with Crippen LogP contribution < -0.4 is 4.74 Å². The number of methoxy groups -OCH3 is 1. The molecule has 2 aromatic rings. The summed E-state index contributed by atoms with van der Waals surface area (Å²) in [7, 11) is 1.56. The van der Waals surface area contributed by atoms with E-state index in [1.165, 1.54) is 0 Å². The van der Waals surface area contributed by atoms with Crippen molar-refractivity contribution in [1.82, 2.24) is 5.16 Å². The molecule has 0 radical (unpaired) electrons. The molecular weight excluding hydrogens is 258 g/mol. The fraction of sp³-hybridized carbons (Fsp3) is 0.273. The van der Waals surface area contributed by atoms with Crippen LogP contribution in [0.25, 0.3) is 0 Å². The van der Waals surface area contributed by atoms with Crippen molar-refractivity contribution in [2.24, 2.45) is 0 Å². The van der Waals surface area contributed by atoms with Gasteiger partial charge in [-0.2, -0.15) is 0 Å². The average molecular weight is 269 g/mol. The van der Waals surface area contributed by atoms with E-state index in [1.54, 1.807) is 24.6 Å². The number of ether oxygens (including phenoxy) is 2. The molecule has 0 saturated heterocycles. The Morgan fingerprint density at radius 2 is 2.39 bits per heavy atom. The maximum absolute atomic E-state index is 10.9. The second kappa shape index (κ2) is 5.65. The van der Waals surface area contributed by atoms with E-state index in [1.807, 2.05) is 0 Å². The molecule has 2 heterocycles. The molecule has 0 aliphatic carbocycles. The van der Waals surface area contributed by atoms with Crippen LogP contribution in [0.15, 0.2) is 22.0 Å². The standard InChI is InChI=1S/C11H11NO5S/c1-15-6-8-4-7(12-17-8)5-16-9-2-3-18-10(9)11(13)14/h2-4H,5-6H2,1H3,(H,13,14). The number of rotatable bonds is 6. The SMILES string of the molecule is COCc1cc(COc2ccsc2C(=O)O)no1. The highest BCUT2D eigenvalue weighted by Crippen LogP contribution is 2.25. The fourth-order valence-corrected chi connectivity index (χ4v) is 2.02. The molecular formula is C11H11NO5S. The summed E-state index contributed by atoms with van der Waals surface area (Å²) in [6, 6.07) is 3.32. The first kappa shape index (κ1) is 12.6. The molecule has 0 spiro atoms. The van der Waals surface area contributed by atoms with E-state index in [2.05, 4.69) is 5.16 Å². The van der Waals surface area contributed by atoms with Crippen LogP contribution in [0.2, 0.25) is 0 Å². The van der Waals surface area contributed by atoms with E-state index < -0.39 is 5.97 Å². The molecule has 2 aromatic heterocycles. The molecule has 96 valence electrons. The molecule has 2 rings (SSSR count). The van der Waals surface area contributed by atoms with Crippen molar-refractivity contribution in [3.63, 3.8) is 0 Å². The Hall–Kier alpha value is -1.86. The Morgan fingerprint density at radius 3 is 3.11 bits per heavy atom. The van der Waals surface area contributed by atoms with Gasteiger partial charge in [-0.15, -0.1) is 11.3 Å². The van der Waals surface area contributed by atoms with Crippen LogP contribution in [0.5, 0.6) is 5.75 Å². The molecule has 6 nitrogen and oxygen atoms in total. The Kier molecular flexibility index (Phi) is 3.96. The van der Waals surface area contributed by atoms with Gasteiger partial charge in [0.1, 0.15) is 24.7 Å². The zero-order valence-electron chi connectivity index (χ0n) is 9.58. The minimum atomic E-state index is -1.000. The normalized spacial score (nSPS) is 10.5. The molecule has 0 fully saturated rings. The summed E-state index contributed by atoms with van der Waals surface area (Å²) >= 11 is 1.12. The van der Waals surface area contributed by atoms with Crippen molar-refractivity contribution >= 4 is 17.3 Å². The Balaban J connectivity index is 1.98. The molecule has 18 heavy (non-hydrogen) atoms. The third-order valence-corrected chi connectivity index (χ3v) is 2.98. The topological polar surface area (TPSA) is 81.8 Å². The van der Waals surface area contributed by atoms with Crippen molar-refractivity contribution in [2.45, 2.75) is 13.2 Å². The van der Waals surface area contributed by atoms with Crippen LogP contribution in [0.3, 0.4) is 0 Å². The predicted octanol–water partition coefficient (Wildman–Crippen LogP) is 2.16. The third-order valence-electron chi connectivity index (χ3n) is 2.09. The van der Waals surface area contributed by atoms with Crippen molar-refractivity contribution in [2.75, 3.05) is 7.11 Å². The second-order valence-electron chi connectivity index (χ2n) is 3.43. The first-order valence-electron chi connectivity index (χ1n) is 5.07. The Bertz CT molecular complexity index is 533. The van der Waals surface area contributed by atoms with Crippen LogP contribution in [0, 0.1) is 0 Å². The van der Waals surface area contributed by atoms with E-state index >= 15 is 0 Å². The zero-order valence-corrected chi connectivity index (χ0v) is 10.4. The minimum absolute atomic E-state index is 0.157. The maximum atomic E-state index is 10.9. The van der Waals surface area contributed by atoms with Gasteiger partial charge in [-0.05, 0) is 11.4 Å². The lowest BCUT2D eigenvalue weighted by Gasteiger charge is -2.01. The summed E-state index contributed by atoms with van der Waals surface area (Å²) in [5, 5.41) is 14.4. The van der Waals surface area contributed by atoms with Gasteiger partial charge in [-0.1, -0.05) is 5.16 Å². The van der Waals surface area contributed by atoms with Crippen LogP contribution in [-0.4, -0.2) is 23.3 Å². The highest BCUT2D eigenvalue weighted by atomic mass is 32.1. The predicted molar refractivity (Wildman–Crippen MR) is 62.8 cm³/mol. The van der Waals surface area contributed by atoms with Gasteiger partial charge in [0.25, 0.3) is 0 Å². The largest absolute Gasteiger partial charge is 0.485 e. The smallest absolute Gasteiger partial charge is 0.349 e. The average Bonchev–Trinajstić information content (AvgIpc) is 2.95. The summed E-state index contributed by atoms with van der Waals surface area (Å²) in [6.07, 6.45) is 0. The first-order chi connectivity index (χ1) is 8.70. The van der Waals surface area contributed by atoms with E-state index in [0.717, 1.165) is 11.3 Å². The van der Waals surface area contributed by atoms with E-state index in [0.29, 0.717) is 23.8 Å². The van der Waals surface area contributed by atoms with Gasteiger partial charge in [-0.3, -0.25) is 0 Å². The lowest BCUT2D eigenvalue weighted by atomic mass is 10.4. The highest BCUT2D eigenvalue weighted by molar-refractivity contribution is 7.12. The number of hydrogen-bond acceptors (Lipinski definition) is 6. The Labute approximate surface area is 107 Å². The molecule has 0 aliphatic heterocycles.